The number of piperidine rings is 1. The average molecular weight is 294 g/mol. The van der Waals surface area contributed by atoms with Crippen LogP contribution in [0.25, 0.3) is 10.9 Å². The molecule has 1 aromatic carbocycles. The maximum atomic E-state index is 4.45. The number of pyridine rings is 1. The van der Waals surface area contributed by atoms with Gasteiger partial charge in [0.15, 0.2) is 0 Å². The summed E-state index contributed by atoms with van der Waals surface area (Å²) >= 11 is 0. The molecule has 0 spiro atoms. The highest BCUT2D eigenvalue weighted by Crippen LogP contribution is 2.23. The Morgan fingerprint density at radius 3 is 2.86 bits per heavy atom. The number of rotatable bonds is 5. The fourth-order valence-corrected chi connectivity index (χ4v) is 3.42. The van der Waals surface area contributed by atoms with Crippen LogP contribution < -0.4 is 0 Å². The molecule has 2 nitrogen and oxygen atoms in total. The molecule has 0 radical (unpaired) electrons. The largest absolute Gasteiger partial charge is 0.303 e. The maximum absolute atomic E-state index is 4.45. The SMILES string of the molecule is C=C(C)C1CCN(CCCc2ccc3cccnc3c2)CC1. The van der Waals surface area contributed by atoms with Gasteiger partial charge in [0.2, 0.25) is 0 Å². The number of fused-ring (bicyclic) bond motifs is 1. The van der Waals surface area contributed by atoms with Gasteiger partial charge in [-0.05, 0) is 75.9 Å². The van der Waals surface area contributed by atoms with E-state index in [1.54, 1.807) is 0 Å². The highest BCUT2D eigenvalue weighted by atomic mass is 15.1. The lowest BCUT2D eigenvalue weighted by atomic mass is 9.91. The van der Waals surface area contributed by atoms with Gasteiger partial charge in [-0.25, -0.2) is 0 Å². The number of hydrogen-bond acceptors (Lipinski definition) is 2. The Balaban J connectivity index is 1.47. The molecule has 0 unspecified atom stereocenters. The molecule has 22 heavy (non-hydrogen) atoms. The van der Waals surface area contributed by atoms with Gasteiger partial charge in [0.1, 0.15) is 0 Å². The van der Waals surface area contributed by atoms with E-state index in [1.807, 2.05) is 12.3 Å². The molecule has 1 aromatic heterocycles. The molecule has 116 valence electrons. The van der Waals surface area contributed by atoms with Crippen molar-refractivity contribution in [1.29, 1.82) is 0 Å². The Morgan fingerprint density at radius 2 is 2.09 bits per heavy atom. The topological polar surface area (TPSA) is 16.1 Å². The van der Waals surface area contributed by atoms with Crippen molar-refractivity contribution in [2.24, 2.45) is 5.92 Å². The molecule has 0 saturated carbocycles. The zero-order chi connectivity index (χ0) is 15.4. The minimum Gasteiger partial charge on any atom is -0.303 e. The first-order chi connectivity index (χ1) is 10.7. The molecule has 1 aliphatic heterocycles. The number of likely N-dealkylation sites (tertiary alicyclic amines) is 1. The summed E-state index contributed by atoms with van der Waals surface area (Å²) in [5.41, 5.74) is 3.88. The average Bonchev–Trinajstić information content (AvgIpc) is 2.55. The minimum atomic E-state index is 0.753. The standard InChI is InChI=1S/C20H26N2/c1-16(2)18-9-13-22(14-10-18)12-4-5-17-7-8-19-6-3-11-21-20(19)15-17/h3,6-8,11,15,18H,1,4-5,9-10,12-14H2,2H3. The van der Waals surface area contributed by atoms with Gasteiger partial charge in [0, 0.05) is 11.6 Å². The van der Waals surface area contributed by atoms with Crippen LogP contribution in [0.4, 0.5) is 0 Å². The summed E-state index contributed by atoms with van der Waals surface area (Å²) < 4.78 is 0. The zero-order valence-corrected chi connectivity index (χ0v) is 13.6. The van der Waals surface area contributed by atoms with Gasteiger partial charge in [-0.15, -0.1) is 0 Å². The quantitative estimate of drug-likeness (QED) is 0.757. The lowest BCUT2D eigenvalue weighted by Crippen LogP contribution is -2.34. The number of aryl methyl sites for hydroxylation is 1. The minimum absolute atomic E-state index is 0.753. The monoisotopic (exact) mass is 294 g/mol. The summed E-state index contributed by atoms with van der Waals surface area (Å²) in [5, 5.41) is 1.23. The first kappa shape index (κ1) is 15.2. The highest BCUT2D eigenvalue weighted by Gasteiger charge is 2.18. The number of hydrogen-bond donors (Lipinski definition) is 0. The van der Waals surface area contributed by atoms with Crippen LogP contribution in [0.1, 0.15) is 31.7 Å². The van der Waals surface area contributed by atoms with Crippen molar-refractivity contribution in [3.05, 3.63) is 54.2 Å². The van der Waals surface area contributed by atoms with E-state index < -0.39 is 0 Å². The predicted octanol–water partition coefficient (Wildman–Crippen LogP) is 4.46. The van der Waals surface area contributed by atoms with Crippen molar-refractivity contribution in [2.45, 2.75) is 32.6 Å². The Bertz CT molecular complexity index is 639. The van der Waals surface area contributed by atoms with Gasteiger partial charge in [-0.1, -0.05) is 30.4 Å². The Morgan fingerprint density at radius 1 is 1.27 bits per heavy atom. The maximum Gasteiger partial charge on any atom is 0.0704 e. The van der Waals surface area contributed by atoms with Crippen LogP contribution in [-0.2, 0) is 6.42 Å². The van der Waals surface area contributed by atoms with Gasteiger partial charge >= 0.3 is 0 Å². The molecule has 0 amide bonds. The molecular weight excluding hydrogens is 268 g/mol. The molecule has 0 N–H and O–H groups in total. The summed E-state index contributed by atoms with van der Waals surface area (Å²) in [7, 11) is 0. The van der Waals surface area contributed by atoms with Crippen LogP contribution in [0.15, 0.2) is 48.7 Å². The van der Waals surface area contributed by atoms with Crippen molar-refractivity contribution in [3.63, 3.8) is 0 Å². The first-order valence-corrected chi connectivity index (χ1v) is 8.44. The van der Waals surface area contributed by atoms with Crippen LogP contribution in [0.2, 0.25) is 0 Å². The molecule has 0 atom stereocenters. The second-order valence-corrected chi connectivity index (χ2v) is 6.60. The van der Waals surface area contributed by atoms with E-state index in [4.69, 9.17) is 0 Å². The molecule has 0 aliphatic carbocycles. The van der Waals surface area contributed by atoms with E-state index in [2.05, 4.69) is 47.7 Å². The van der Waals surface area contributed by atoms with Crippen LogP contribution in [0.5, 0.6) is 0 Å². The molecular formula is C20H26N2. The fraction of sp³-hybridized carbons (Fsp3) is 0.450. The molecule has 2 aromatic rings. The van der Waals surface area contributed by atoms with E-state index in [0.717, 1.165) is 17.9 Å². The molecule has 2 heterocycles. The van der Waals surface area contributed by atoms with Crippen molar-refractivity contribution in [1.82, 2.24) is 9.88 Å². The van der Waals surface area contributed by atoms with Gasteiger partial charge in [0.25, 0.3) is 0 Å². The number of aromatic nitrogens is 1. The van der Waals surface area contributed by atoms with Crippen molar-refractivity contribution in [2.75, 3.05) is 19.6 Å². The van der Waals surface area contributed by atoms with Crippen LogP contribution >= 0.6 is 0 Å². The van der Waals surface area contributed by atoms with Gasteiger partial charge in [-0.3, -0.25) is 4.98 Å². The predicted molar refractivity (Wildman–Crippen MR) is 94.0 cm³/mol. The number of allylic oxidation sites excluding steroid dienone is 1. The van der Waals surface area contributed by atoms with E-state index >= 15 is 0 Å². The summed E-state index contributed by atoms with van der Waals surface area (Å²) in [5.74, 6) is 0.753. The second kappa shape index (κ2) is 7.06. The highest BCUT2D eigenvalue weighted by molar-refractivity contribution is 5.78. The van der Waals surface area contributed by atoms with Crippen LogP contribution in [0.3, 0.4) is 0 Å². The van der Waals surface area contributed by atoms with Crippen LogP contribution in [-0.4, -0.2) is 29.5 Å². The summed E-state index contributed by atoms with van der Waals surface area (Å²) in [4.78, 5) is 7.06. The Labute approximate surface area is 133 Å². The Hall–Kier alpha value is -1.67. The van der Waals surface area contributed by atoms with E-state index in [-0.39, 0.29) is 0 Å². The van der Waals surface area contributed by atoms with Crippen molar-refractivity contribution >= 4 is 10.9 Å². The number of benzene rings is 1. The van der Waals surface area contributed by atoms with E-state index in [1.165, 1.54) is 55.4 Å². The number of nitrogens with zero attached hydrogens (tertiary/aromatic N) is 2. The molecule has 2 heteroatoms. The molecule has 1 aliphatic rings. The Kier molecular flexibility index (Phi) is 4.89. The second-order valence-electron chi connectivity index (χ2n) is 6.60. The normalized spacial score (nSPS) is 17.0. The molecule has 0 bridgehead atoms. The molecule has 1 fully saturated rings. The van der Waals surface area contributed by atoms with Gasteiger partial charge in [0.05, 0.1) is 5.52 Å². The molecule has 1 saturated heterocycles. The van der Waals surface area contributed by atoms with Crippen molar-refractivity contribution < 1.29 is 0 Å². The lowest BCUT2D eigenvalue weighted by Gasteiger charge is -2.32. The summed E-state index contributed by atoms with van der Waals surface area (Å²) in [6, 6.07) is 10.8. The van der Waals surface area contributed by atoms with Gasteiger partial charge in [-0.2, -0.15) is 0 Å². The first-order valence-electron chi connectivity index (χ1n) is 8.44. The lowest BCUT2D eigenvalue weighted by molar-refractivity contribution is 0.197. The fourth-order valence-electron chi connectivity index (χ4n) is 3.42. The van der Waals surface area contributed by atoms with Gasteiger partial charge < -0.3 is 4.90 Å². The smallest absolute Gasteiger partial charge is 0.0704 e. The third kappa shape index (κ3) is 3.75. The summed E-state index contributed by atoms with van der Waals surface area (Å²) in [6.45, 7) is 9.96. The van der Waals surface area contributed by atoms with Crippen LogP contribution in [0, 0.1) is 5.92 Å². The summed E-state index contributed by atoms with van der Waals surface area (Å²) in [6.07, 6.45) is 6.82. The van der Waals surface area contributed by atoms with Crippen molar-refractivity contribution in [3.8, 4) is 0 Å². The molecule has 3 rings (SSSR count). The van der Waals surface area contributed by atoms with E-state index in [9.17, 15) is 0 Å². The third-order valence-corrected chi connectivity index (χ3v) is 4.89. The third-order valence-electron chi connectivity index (χ3n) is 4.89. The van der Waals surface area contributed by atoms with E-state index in [0.29, 0.717) is 0 Å². The zero-order valence-electron chi connectivity index (χ0n) is 13.6.